The summed E-state index contributed by atoms with van der Waals surface area (Å²) in [6.45, 7) is 0. The SMILES string of the molecule is O=C(/C=C/c1ccccc1)c1ccccc1F. The highest BCUT2D eigenvalue weighted by molar-refractivity contribution is 6.06. The molecule has 1 nitrogen and oxygen atoms in total. The molecule has 0 aliphatic rings. The average Bonchev–Trinajstić information content (AvgIpc) is 2.38. The summed E-state index contributed by atoms with van der Waals surface area (Å²) in [6.07, 6.45) is 3.06. The number of ketones is 1. The third-order valence-electron chi connectivity index (χ3n) is 2.37. The van der Waals surface area contributed by atoms with E-state index in [4.69, 9.17) is 0 Å². The van der Waals surface area contributed by atoms with E-state index in [2.05, 4.69) is 0 Å². The van der Waals surface area contributed by atoms with Gasteiger partial charge in [-0.3, -0.25) is 4.79 Å². The number of carbonyl (C=O) groups is 1. The van der Waals surface area contributed by atoms with Crippen LogP contribution in [-0.2, 0) is 0 Å². The molecular formula is C15H11FO. The van der Waals surface area contributed by atoms with Gasteiger partial charge in [0.1, 0.15) is 5.82 Å². The highest BCUT2D eigenvalue weighted by atomic mass is 19.1. The molecule has 0 aliphatic heterocycles. The quantitative estimate of drug-likeness (QED) is 0.575. The predicted molar refractivity (Wildman–Crippen MR) is 66.2 cm³/mol. The molecule has 0 N–H and O–H groups in total. The standard InChI is InChI=1S/C15H11FO/c16-14-9-5-4-8-13(14)15(17)11-10-12-6-2-1-3-7-12/h1-11H/b11-10+. The van der Waals surface area contributed by atoms with Crippen LogP contribution in [0, 0.1) is 5.82 Å². The Balaban J connectivity index is 2.18. The van der Waals surface area contributed by atoms with Crippen LogP contribution in [0.25, 0.3) is 6.08 Å². The fourth-order valence-electron chi connectivity index (χ4n) is 1.49. The van der Waals surface area contributed by atoms with Crippen LogP contribution in [0.2, 0.25) is 0 Å². The molecule has 0 fully saturated rings. The van der Waals surface area contributed by atoms with Crippen molar-refractivity contribution in [1.29, 1.82) is 0 Å². The molecule has 0 atom stereocenters. The van der Waals surface area contributed by atoms with Crippen molar-refractivity contribution >= 4 is 11.9 Å². The van der Waals surface area contributed by atoms with Crippen LogP contribution in [-0.4, -0.2) is 5.78 Å². The van der Waals surface area contributed by atoms with Crippen molar-refractivity contribution in [3.05, 3.63) is 77.6 Å². The van der Waals surface area contributed by atoms with E-state index in [0.29, 0.717) is 0 Å². The minimum atomic E-state index is -0.491. The molecule has 2 aromatic carbocycles. The van der Waals surface area contributed by atoms with Crippen molar-refractivity contribution in [3.63, 3.8) is 0 Å². The number of hydrogen-bond donors (Lipinski definition) is 0. The molecular weight excluding hydrogens is 215 g/mol. The molecule has 2 rings (SSSR count). The van der Waals surface area contributed by atoms with Crippen LogP contribution in [0.15, 0.2) is 60.7 Å². The first kappa shape index (κ1) is 11.3. The second-order valence-electron chi connectivity index (χ2n) is 3.59. The summed E-state index contributed by atoms with van der Waals surface area (Å²) in [5.74, 6) is -0.817. The molecule has 0 unspecified atom stereocenters. The number of hydrogen-bond acceptors (Lipinski definition) is 1. The maximum absolute atomic E-state index is 13.3. The molecule has 2 aromatic rings. The van der Waals surface area contributed by atoms with Crippen molar-refractivity contribution in [3.8, 4) is 0 Å². The molecule has 0 spiro atoms. The molecule has 0 aliphatic carbocycles. The fourth-order valence-corrected chi connectivity index (χ4v) is 1.49. The topological polar surface area (TPSA) is 17.1 Å². The van der Waals surface area contributed by atoms with Gasteiger partial charge in [-0.15, -0.1) is 0 Å². The number of allylic oxidation sites excluding steroid dienone is 1. The molecule has 84 valence electrons. The van der Waals surface area contributed by atoms with Gasteiger partial charge in [-0.25, -0.2) is 4.39 Å². The zero-order chi connectivity index (χ0) is 12.1. The van der Waals surface area contributed by atoms with E-state index in [1.807, 2.05) is 30.3 Å². The molecule has 0 radical (unpaired) electrons. The Morgan fingerprint density at radius 1 is 0.941 bits per heavy atom. The summed E-state index contributed by atoms with van der Waals surface area (Å²) in [5, 5.41) is 0. The van der Waals surface area contributed by atoms with Crippen LogP contribution in [0.3, 0.4) is 0 Å². The lowest BCUT2D eigenvalue weighted by molar-refractivity contribution is 0.104. The lowest BCUT2D eigenvalue weighted by atomic mass is 10.1. The van der Waals surface area contributed by atoms with Crippen molar-refractivity contribution in [1.82, 2.24) is 0 Å². The monoisotopic (exact) mass is 226 g/mol. The lowest BCUT2D eigenvalue weighted by Gasteiger charge is -1.97. The van der Waals surface area contributed by atoms with Crippen molar-refractivity contribution in [2.45, 2.75) is 0 Å². The maximum Gasteiger partial charge on any atom is 0.188 e. The second kappa shape index (κ2) is 5.21. The largest absolute Gasteiger partial charge is 0.289 e. The minimum Gasteiger partial charge on any atom is -0.289 e. The van der Waals surface area contributed by atoms with Gasteiger partial charge in [0, 0.05) is 0 Å². The normalized spacial score (nSPS) is 10.6. The zero-order valence-electron chi connectivity index (χ0n) is 9.14. The van der Waals surface area contributed by atoms with E-state index in [9.17, 15) is 9.18 Å². The van der Waals surface area contributed by atoms with Gasteiger partial charge in [-0.05, 0) is 23.8 Å². The van der Waals surface area contributed by atoms with E-state index < -0.39 is 5.82 Å². The molecule has 0 amide bonds. The lowest BCUT2D eigenvalue weighted by Crippen LogP contribution is -1.97. The Bertz CT molecular complexity index is 544. The van der Waals surface area contributed by atoms with E-state index >= 15 is 0 Å². The van der Waals surface area contributed by atoms with Crippen LogP contribution >= 0.6 is 0 Å². The first-order valence-electron chi connectivity index (χ1n) is 5.29. The Kier molecular flexibility index (Phi) is 3.46. The average molecular weight is 226 g/mol. The highest BCUT2D eigenvalue weighted by Gasteiger charge is 2.06. The van der Waals surface area contributed by atoms with Gasteiger partial charge in [0.05, 0.1) is 5.56 Å². The maximum atomic E-state index is 13.3. The van der Waals surface area contributed by atoms with Crippen LogP contribution < -0.4 is 0 Å². The Morgan fingerprint density at radius 2 is 1.59 bits per heavy atom. The number of carbonyl (C=O) groups excluding carboxylic acids is 1. The van der Waals surface area contributed by atoms with Gasteiger partial charge >= 0.3 is 0 Å². The highest BCUT2D eigenvalue weighted by Crippen LogP contribution is 2.09. The fraction of sp³-hybridized carbons (Fsp3) is 0. The first-order valence-corrected chi connectivity index (χ1v) is 5.29. The molecule has 0 saturated carbocycles. The van der Waals surface area contributed by atoms with E-state index in [-0.39, 0.29) is 11.3 Å². The van der Waals surface area contributed by atoms with Crippen molar-refractivity contribution < 1.29 is 9.18 Å². The van der Waals surface area contributed by atoms with Gasteiger partial charge in [0.2, 0.25) is 0 Å². The first-order chi connectivity index (χ1) is 8.27. The smallest absolute Gasteiger partial charge is 0.188 e. The third-order valence-corrected chi connectivity index (χ3v) is 2.37. The zero-order valence-corrected chi connectivity index (χ0v) is 9.14. The van der Waals surface area contributed by atoms with Crippen LogP contribution in [0.4, 0.5) is 4.39 Å². The van der Waals surface area contributed by atoms with Gasteiger partial charge in [0.25, 0.3) is 0 Å². The summed E-state index contributed by atoms with van der Waals surface area (Å²) in [5.41, 5.74) is 1.01. The third kappa shape index (κ3) is 2.88. The van der Waals surface area contributed by atoms with Crippen LogP contribution in [0.5, 0.6) is 0 Å². The van der Waals surface area contributed by atoms with Gasteiger partial charge in [0.15, 0.2) is 5.78 Å². The molecule has 0 bridgehead atoms. The Hall–Kier alpha value is -2.22. The number of halogens is 1. The minimum absolute atomic E-state index is 0.0969. The van der Waals surface area contributed by atoms with E-state index in [0.717, 1.165) is 5.56 Å². The van der Waals surface area contributed by atoms with Crippen LogP contribution in [0.1, 0.15) is 15.9 Å². The summed E-state index contributed by atoms with van der Waals surface area (Å²) in [6, 6.07) is 15.4. The van der Waals surface area contributed by atoms with E-state index in [1.165, 1.54) is 18.2 Å². The van der Waals surface area contributed by atoms with Crippen molar-refractivity contribution in [2.24, 2.45) is 0 Å². The number of benzene rings is 2. The summed E-state index contributed by atoms with van der Waals surface area (Å²) >= 11 is 0. The predicted octanol–water partition coefficient (Wildman–Crippen LogP) is 3.72. The van der Waals surface area contributed by atoms with Crippen molar-refractivity contribution in [2.75, 3.05) is 0 Å². The molecule has 17 heavy (non-hydrogen) atoms. The summed E-state index contributed by atoms with van der Waals surface area (Å²) in [4.78, 5) is 11.7. The van der Waals surface area contributed by atoms with Gasteiger partial charge in [-0.2, -0.15) is 0 Å². The second-order valence-corrected chi connectivity index (χ2v) is 3.59. The Labute approximate surface area is 99.2 Å². The van der Waals surface area contributed by atoms with Gasteiger partial charge in [-0.1, -0.05) is 48.5 Å². The summed E-state index contributed by atoms with van der Waals surface area (Å²) in [7, 11) is 0. The summed E-state index contributed by atoms with van der Waals surface area (Å²) < 4.78 is 13.3. The molecule has 2 heteroatoms. The molecule has 0 aromatic heterocycles. The Morgan fingerprint density at radius 3 is 2.29 bits per heavy atom. The van der Waals surface area contributed by atoms with Gasteiger partial charge < -0.3 is 0 Å². The number of rotatable bonds is 3. The molecule has 0 saturated heterocycles. The molecule has 0 heterocycles. The van der Waals surface area contributed by atoms with E-state index in [1.54, 1.807) is 18.2 Å².